The van der Waals surface area contributed by atoms with E-state index in [0.717, 1.165) is 37.8 Å². The zero-order chi connectivity index (χ0) is 16.0. The van der Waals surface area contributed by atoms with E-state index in [9.17, 15) is 18.0 Å². The van der Waals surface area contributed by atoms with Gasteiger partial charge in [-0.25, -0.2) is 4.79 Å². The van der Waals surface area contributed by atoms with Gasteiger partial charge in [-0.1, -0.05) is 38.2 Å². The summed E-state index contributed by atoms with van der Waals surface area (Å²) in [6, 6.07) is 4.33. The highest BCUT2D eigenvalue weighted by molar-refractivity contribution is 5.89. The second-order valence-electron chi connectivity index (χ2n) is 5.72. The van der Waals surface area contributed by atoms with Crippen molar-refractivity contribution >= 4 is 11.7 Å². The molecule has 0 bridgehead atoms. The van der Waals surface area contributed by atoms with Gasteiger partial charge in [-0.15, -0.1) is 0 Å². The quantitative estimate of drug-likeness (QED) is 0.797. The molecule has 1 aromatic rings. The molecule has 0 heterocycles. The second-order valence-corrected chi connectivity index (χ2v) is 5.72. The number of urea groups is 1. The van der Waals surface area contributed by atoms with Crippen LogP contribution in [0.15, 0.2) is 24.3 Å². The van der Waals surface area contributed by atoms with Gasteiger partial charge in [-0.05, 0) is 31.0 Å². The lowest BCUT2D eigenvalue weighted by Crippen LogP contribution is -2.38. The summed E-state index contributed by atoms with van der Waals surface area (Å²) < 4.78 is 37.9. The molecule has 0 aromatic heterocycles. The van der Waals surface area contributed by atoms with Crippen LogP contribution in [0.1, 0.15) is 50.5 Å². The molecule has 0 aliphatic heterocycles. The Balaban J connectivity index is 1.91. The van der Waals surface area contributed by atoms with Gasteiger partial charge in [-0.2, -0.15) is 13.2 Å². The van der Waals surface area contributed by atoms with Crippen LogP contribution in [0.3, 0.4) is 0 Å². The lowest BCUT2D eigenvalue weighted by molar-refractivity contribution is -0.137. The second kappa shape index (κ2) is 7.51. The van der Waals surface area contributed by atoms with Gasteiger partial charge in [0.05, 0.1) is 5.56 Å². The Bertz CT molecular complexity index is 494. The summed E-state index contributed by atoms with van der Waals surface area (Å²) in [7, 11) is 0. The highest BCUT2D eigenvalue weighted by Crippen LogP contribution is 2.30. The molecule has 1 aliphatic carbocycles. The first-order chi connectivity index (χ1) is 10.4. The molecule has 0 atom stereocenters. The standard InChI is InChI=1S/C16H21F3N2O/c17-16(18,19)12-7-6-10-14(11-12)21-15(22)20-13-8-4-2-1-3-5-9-13/h6-7,10-11,13H,1-5,8-9H2,(H2,20,21,22). The molecule has 0 radical (unpaired) electrons. The van der Waals surface area contributed by atoms with E-state index < -0.39 is 17.8 Å². The summed E-state index contributed by atoms with van der Waals surface area (Å²) in [4.78, 5) is 11.9. The monoisotopic (exact) mass is 314 g/mol. The van der Waals surface area contributed by atoms with Crippen LogP contribution in [-0.4, -0.2) is 12.1 Å². The number of hydrogen-bond acceptors (Lipinski definition) is 1. The van der Waals surface area contributed by atoms with Gasteiger partial charge >= 0.3 is 12.2 Å². The van der Waals surface area contributed by atoms with Crippen LogP contribution in [0, 0.1) is 0 Å². The van der Waals surface area contributed by atoms with Crippen LogP contribution in [0.5, 0.6) is 0 Å². The van der Waals surface area contributed by atoms with Crippen LogP contribution >= 0.6 is 0 Å². The number of rotatable bonds is 2. The van der Waals surface area contributed by atoms with E-state index in [2.05, 4.69) is 10.6 Å². The summed E-state index contributed by atoms with van der Waals surface area (Å²) >= 11 is 0. The van der Waals surface area contributed by atoms with Gasteiger partial charge < -0.3 is 10.6 Å². The predicted molar refractivity (Wildman–Crippen MR) is 79.7 cm³/mol. The number of alkyl halides is 3. The fourth-order valence-corrected chi connectivity index (χ4v) is 2.73. The summed E-state index contributed by atoms with van der Waals surface area (Å²) in [6.45, 7) is 0. The van der Waals surface area contributed by atoms with Gasteiger partial charge in [0.1, 0.15) is 0 Å². The van der Waals surface area contributed by atoms with Crippen molar-refractivity contribution in [2.45, 2.75) is 57.2 Å². The largest absolute Gasteiger partial charge is 0.416 e. The molecular formula is C16H21F3N2O. The summed E-state index contributed by atoms with van der Waals surface area (Å²) in [5.74, 6) is 0. The van der Waals surface area contributed by atoms with Crippen LogP contribution < -0.4 is 10.6 Å². The number of benzene rings is 1. The van der Waals surface area contributed by atoms with Crippen molar-refractivity contribution in [2.75, 3.05) is 5.32 Å². The Morgan fingerprint density at radius 1 is 1.05 bits per heavy atom. The molecule has 2 amide bonds. The molecule has 0 saturated heterocycles. The number of amides is 2. The normalized spacial score (nSPS) is 17.4. The van der Waals surface area contributed by atoms with Gasteiger partial charge in [0.15, 0.2) is 0 Å². The van der Waals surface area contributed by atoms with E-state index in [1.54, 1.807) is 0 Å². The smallest absolute Gasteiger partial charge is 0.335 e. The summed E-state index contributed by atoms with van der Waals surface area (Å²) in [5.41, 5.74) is -0.616. The lowest BCUT2D eigenvalue weighted by Gasteiger charge is -2.21. The van der Waals surface area contributed by atoms with Crippen molar-refractivity contribution in [2.24, 2.45) is 0 Å². The van der Waals surface area contributed by atoms with Gasteiger partial charge in [0, 0.05) is 11.7 Å². The van der Waals surface area contributed by atoms with Crippen molar-refractivity contribution in [1.82, 2.24) is 5.32 Å². The average molecular weight is 314 g/mol. The van der Waals surface area contributed by atoms with Crippen molar-refractivity contribution in [1.29, 1.82) is 0 Å². The van der Waals surface area contributed by atoms with Gasteiger partial charge in [0.25, 0.3) is 0 Å². The fraction of sp³-hybridized carbons (Fsp3) is 0.562. The molecule has 0 spiro atoms. The van der Waals surface area contributed by atoms with E-state index in [0.29, 0.717) is 0 Å². The highest BCUT2D eigenvalue weighted by atomic mass is 19.4. The maximum absolute atomic E-state index is 12.6. The molecule has 122 valence electrons. The zero-order valence-corrected chi connectivity index (χ0v) is 12.4. The molecule has 2 rings (SSSR count). The van der Waals surface area contributed by atoms with Crippen molar-refractivity contribution in [3.63, 3.8) is 0 Å². The molecule has 0 unspecified atom stereocenters. The molecule has 1 saturated carbocycles. The third-order valence-corrected chi connectivity index (χ3v) is 3.89. The number of carbonyl (C=O) groups is 1. The van der Waals surface area contributed by atoms with Crippen molar-refractivity contribution in [3.05, 3.63) is 29.8 Å². The zero-order valence-electron chi connectivity index (χ0n) is 12.4. The van der Waals surface area contributed by atoms with Crippen LogP contribution in [0.4, 0.5) is 23.7 Å². The minimum atomic E-state index is -4.41. The van der Waals surface area contributed by atoms with E-state index in [-0.39, 0.29) is 11.7 Å². The third kappa shape index (κ3) is 5.24. The summed E-state index contributed by atoms with van der Waals surface area (Å²) in [6.07, 6.45) is 3.19. The predicted octanol–water partition coefficient (Wildman–Crippen LogP) is 4.94. The molecule has 1 aliphatic rings. The number of carbonyl (C=O) groups excluding carboxylic acids is 1. The fourth-order valence-electron chi connectivity index (χ4n) is 2.73. The Hall–Kier alpha value is -1.72. The molecule has 1 fully saturated rings. The Labute approximate surface area is 128 Å². The Morgan fingerprint density at radius 3 is 2.32 bits per heavy atom. The third-order valence-electron chi connectivity index (χ3n) is 3.89. The number of halogens is 3. The van der Waals surface area contributed by atoms with Crippen molar-refractivity contribution < 1.29 is 18.0 Å². The summed E-state index contributed by atoms with van der Waals surface area (Å²) in [5, 5.41) is 5.35. The first-order valence-corrected chi connectivity index (χ1v) is 7.70. The van der Waals surface area contributed by atoms with Crippen LogP contribution in [0.2, 0.25) is 0 Å². The minimum Gasteiger partial charge on any atom is -0.335 e. The van der Waals surface area contributed by atoms with Crippen molar-refractivity contribution in [3.8, 4) is 0 Å². The number of nitrogens with one attached hydrogen (secondary N) is 2. The maximum atomic E-state index is 12.6. The van der Waals surface area contributed by atoms with E-state index in [1.165, 1.54) is 31.4 Å². The molecular weight excluding hydrogens is 293 g/mol. The topological polar surface area (TPSA) is 41.1 Å². The highest BCUT2D eigenvalue weighted by Gasteiger charge is 2.30. The van der Waals surface area contributed by atoms with Gasteiger partial charge in [0.2, 0.25) is 0 Å². The van der Waals surface area contributed by atoms with Crippen LogP contribution in [0.25, 0.3) is 0 Å². The molecule has 3 nitrogen and oxygen atoms in total. The Kier molecular flexibility index (Phi) is 5.69. The number of hydrogen-bond donors (Lipinski definition) is 2. The molecule has 22 heavy (non-hydrogen) atoms. The average Bonchev–Trinajstić information content (AvgIpc) is 2.41. The molecule has 2 N–H and O–H groups in total. The SMILES string of the molecule is O=C(Nc1cccc(C(F)(F)F)c1)NC1CCCCCCC1. The lowest BCUT2D eigenvalue weighted by atomic mass is 9.97. The minimum absolute atomic E-state index is 0.103. The first kappa shape index (κ1) is 16.6. The Morgan fingerprint density at radius 2 is 1.68 bits per heavy atom. The van der Waals surface area contributed by atoms with Gasteiger partial charge in [-0.3, -0.25) is 0 Å². The van der Waals surface area contributed by atoms with E-state index >= 15 is 0 Å². The first-order valence-electron chi connectivity index (χ1n) is 7.70. The van der Waals surface area contributed by atoms with E-state index in [4.69, 9.17) is 0 Å². The number of anilines is 1. The molecule has 1 aromatic carbocycles. The maximum Gasteiger partial charge on any atom is 0.416 e. The molecule has 6 heteroatoms. The van der Waals surface area contributed by atoms with E-state index in [1.807, 2.05) is 0 Å². The van der Waals surface area contributed by atoms with Crippen LogP contribution in [-0.2, 0) is 6.18 Å².